The molecule has 1 N–H and O–H groups in total. The lowest BCUT2D eigenvalue weighted by Gasteiger charge is -2.20. The average Bonchev–Trinajstić information content (AvgIpc) is 2.49. The van der Waals surface area contributed by atoms with Gasteiger partial charge in [-0.3, -0.25) is 4.57 Å². The highest BCUT2D eigenvalue weighted by Crippen LogP contribution is 2.50. The molecule has 0 aliphatic heterocycles. The van der Waals surface area contributed by atoms with Crippen molar-refractivity contribution < 1.29 is 23.7 Å². The van der Waals surface area contributed by atoms with Crippen molar-refractivity contribution in [3.63, 3.8) is 0 Å². The van der Waals surface area contributed by atoms with Crippen molar-refractivity contribution in [2.24, 2.45) is 5.92 Å². The van der Waals surface area contributed by atoms with E-state index >= 15 is 0 Å². The summed E-state index contributed by atoms with van der Waals surface area (Å²) in [6, 6.07) is 0. The van der Waals surface area contributed by atoms with Crippen LogP contribution >= 0.6 is 19.1 Å². The Morgan fingerprint density at radius 3 is 2.50 bits per heavy atom. The molecule has 7 heteroatoms. The van der Waals surface area contributed by atoms with E-state index in [2.05, 4.69) is 0 Å². The number of thioether (sulfide) groups is 1. The summed E-state index contributed by atoms with van der Waals surface area (Å²) >= 11 is 1.68. The molecule has 1 atom stereocenters. The molecule has 24 heavy (non-hydrogen) atoms. The van der Waals surface area contributed by atoms with Crippen LogP contribution in [0.3, 0.4) is 0 Å². The van der Waals surface area contributed by atoms with Crippen molar-refractivity contribution in [3.8, 4) is 0 Å². The van der Waals surface area contributed by atoms with E-state index in [-0.39, 0.29) is 18.7 Å². The van der Waals surface area contributed by atoms with E-state index in [0.29, 0.717) is 24.9 Å². The molecular weight excluding hydrogens is 347 g/mol. The normalized spacial score (nSPS) is 14.7. The molecule has 0 aromatic rings. The van der Waals surface area contributed by atoms with Crippen molar-refractivity contribution in [1.82, 2.24) is 0 Å². The van der Waals surface area contributed by atoms with Gasteiger partial charge in [0.2, 0.25) is 7.37 Å². The molecule has 142 valence electrons. The van der Waals surface area contributed by atoms with E-state index in [1.54, 1.807) is 18.7 Å². The van der Waals surface area contributed by atoms with Crippen LogP contribution in [-0.2, 0) is 18.6 Å². The second-order valence-electron chi connectivity index (χ2n) is 5.89. The van der Waals surface area contributed by atoms with Crippen LogP contribution in [0, 0.1) is 5.92 Å². The highest BCUT2D eigenvalue weighted by molar-refractivity contribution is 7.99. The van der Waals surface area contributed by atoms with Gasteiger partial charge in [0.25, 0.3) is 0 Å². The summed E-state index contributed by atoms with van der Waals surface area (Å²) in [5.74, 6) is 1.48. The van der Waals surface area contributed by atoms with Crippen LogP contribution in [0.25, 0.3) is 0 Å². The largest absolute Gasteiger partial charge is 0.463 e. The first-order chi connectivity index (χ1) is 11.4. The van der Waals surface area contributed by atoms with Crippen molar-refractivity contribution in [2.75, 3.05) is 43.7 Å². The predicted molar refractivity (Wildman–Crippen MR) is 102 cm³/mol. The van der Waals surface area contributed by atoms with Gasteiger partial charge >= 0.3 is 5.97 Å². The van der Waals surface area contributed by atoms with Gasteiger partial charge < -0.3 is 14.4 Å². The fourth-order valence-electron chi connectivity index (χ4n) is 2.28. The molecule has 0 fully saturated rings. The van der Waals surface area contributed by atoms with Crippen LogP contribution in [0.4, 0.5) is 0 Å². The summed E-state index contributed by atoms with van der Waals surface area (Å²) in [5.41, 5.74) is 0.460. The molecule has 0 aliphatic rings. The Kier molecular flexibility index (Phi) is 13.8. The zero-order valence-corrected chi connectivity index (χ0v) is 17.2. The molecule has 0 heterocycles. The Morgan fingerprint density at radius 1 is 1.25 bits per heavy atom. The van der Waals surface area contributed by atoms with Crippen LogP contribution in [0.15, 0.2) is 11.6 Å². The topological polar surface area (TPSA) is 72.8 Å². The molecule has 0 spiro atoms. The molecule has 1 unspecified atom stereocenters. The minimum Gasteiger partial charge on any atom is -0.463 e. The van der Waals surface area contributed by atoms with Crippen molar-refractivity contribution in [1.29, 1.82) is 0 Å². The maximum atomic E-state index is 13.0. The molecule has 0 saturated heterocycles. The fourth-order valence-corrected chi connectivity index (χ4v) is 5.67. The number of esters is 1. The van der Waals surface area contributed by atoms with Crippen LogP contribution in [0.5, 0.6) is 0 Å². The molecule has 0 aliphatic carbocycles. The minimum atomic E-state index is -2.88. The first kappa shape index (κ1) is 23.7. The number of allylic oxidation sites excluding steroid dienone is 1. The zero-order chi connectivity index (χ0) is 18.4. The summed E-state index contributed by atoms with van der Waals surface area (Å²) in [4.78, 5) is 12.2. The number of hydrogen-bond donors (Lipinski definition) is 1. The second kappa shape index (κ2) is 13.9. The number of aliphatic hydroxyl groups excluding tert-OH is 1. The van der Waals surface area contributed by atoms with E-state index < -0.39 is 13.3 Å². The lowest BCUT2D eigenvalue weighted by atomic mass is 10.2. The molecule has 0 amide bonds. The first-order valence-corrected chi connectivity index (χ1v) is 11.8. The van der Waals surface area contributed by atoms with E-state index in [0.717, 1.165) is 24.3 Å². The molecule has 0 saturated carbocycles. The summed E-state index contributed by atoms with van der Waals surface area (Å²) in [7, 11) is -2.88. The highest BCUT2D eigenvalue weighted by Gasteiger charge is 2.28. The van der Waals surface area contributed by atoms with E-state index in [9.17, 15) is 9.36 Å². The zero-order valence-electron chi connectivity index (χ0n) is 15.5. The lowest BCUT2D eigenvalue weighted by Crippen LogP contribution is -2.14. The van der Waals surface area contributed by atoms with Gasteiger partial charge in [-0.05, 0) is 38.4 Å². The van der Waals surface area contributed by atoms with Crippen molar-refractivity contribution >= 4 is 25.1 Å². The standard InChI is InChI=1S/C17H33O5PS/c1-5-21-17(19)16(9-7-8-11-24-12-10-18)14-23(20,22-6-2)13-15(3)4/h9,15,18H,5-8,10-14H2,1-4H3. The minimum absolute atomic E-state index is 0.141. The van der Waals surface area contributed by atoms with Crippen LogP contribution in [-0.4, -0.2) is 54.7 Å². The number of rotatable bonds is 14. The summed E-state index contributed by atoms with van der Waals surface area (Å²) in [6.07, 6.45) is 4.06. The monoisotopic (exact) mass is 380 g/mol. The Balaban J connectivity index is 4.90. The van der Waals surface area contributed by atoms with Gasteiger partial charge in [-0.1, -0.05) is 19.9 Å². The summed E-state index contributed by atoms with van der Waals surface area (Å²) in [6.45, 7) is 8.43. The van der Waals surface area contributed by atoms with E-state index in [1.807, 2.05) is 26.8 Å². The molecule has 0 aromatic heterocycles. The smallest absolute Gasteiger partial charge is 0.334 e. The van der Waals surface area contributed by atoms with Gasteiger partial charge in [-0.25, -0.2) is 4.79 Å². The third-order valence-electron chi connectivity index (χ3n) is 3.08. The molecule has 0 aromatic carbocycles. The van der Waals surface area contributed by atoms with Crippen LogP contribution < -0.4 is 0 Å². The number of unbranched alkanes of at least 4 members (excludes halogenated alkanes) is 1. The number of hydrogen-bond acceptors (Lipinski definition) is 6. The molecule has 0 radical (unpaired) electrons. The number of carbonyl (C=O) groups excluding carboxylic acids is 1. The summed E-state index contributed by atoms with van der Waals surface area (Å²) in [5, 5.41) is 8.75. The highest BCUT2D eigenvalue weighted by atomic mass is 32.2. The quantitative estimate of drug-likeness (QED) is 0.213. The summed E-state index contributed by atoms with van der Waals surface area (Å²) < 4.78 is 23.7. The van der Waals surface area contributed by atoms with Gasteiger partial charge in [-0.2, -0.15) is 11.8 Å². The second-order valence-corrected chi connectivity index (χ2v) is 9.69. The fraction of sp³-hybridized carbons (Fsp3) is 0.824. The maximum Gasteiger partial charge on any atom is 0.334 e. The van der Waals surface area contributed by atoms with Crippen molar-refractivity contribution in [3.05, 3.63) is 11.6 Å². The van der Waals surface area contributed by atoms with Crippen molar-refractivity contribution in [2.45, 2.75) is 40.5 Å². The van der Waals surface area contributed by atoms with Gasteiger partial charge in [0, 0.05) is 17.5 Å². The van der Waals surface area contributed by atoms with Crippen LogP contribution in [0.1, 0.15) is 40.5 Å². The molecule has 5 nitrogen and oxygen atoms in total. The Hall–Kier alpha value is -0.290. The van der Waals surface area contributed by atoms with E-state index in [4.69, 9.17) is 14.4 Å². The number of ether oxygens (including phenoxy) is 1. The van der Waals surface area contributed by atoms with Gasteiger partial charge in [0.05, 0.1) is 26.0 Å². The Morgan fingerprint density at radius 2 is 1.96 bits per heavy atom. The third-order valence-corrected chi connectivity index (χ3v) is 6.96. The molecule has 0 rings (SSSR count). The molecular formula is C17H33O5PS. The van der Waals surface area contributed by atoms with Crippen LogP contribution in [0.2, 0.25) is 0 Å². The SMILES string of the molecule is CCOC(=O)C(=CCCCSCCO)CP(=O)(CC(C)C)OCC. The van der Waals surface area contributed by atoms with Gasteiger partial charge in [0.1, 0.15) is 0 Å². The third kappa shape index (κ3) is 11.3. The Bertz CT molecular complexity index is 423. The number of carbonyl (C=O) groups is 1. The average molecular weight is 380 g/mol. The number of aliphatic hydroxyl groups is 1. The first-order valence-electron chi connectivity index (χ1n) is 8.65. The lowest BCUT2D eigenvalue weighted by molar-refractivity contribution is -0.138. The van der Waals surface area contributed by atoms with Gasteiger partial charge in [0.15, 0.2) is 0 Å². The van der Waals surface area contributed by atoms with E-state index in [1.165, 1.54) is 0 Å². The molecule has 0 bridgehead atoms. The Labute approximate surface area is 151 Å². The predicted octanol–water partition coefficient (Wildman–Crippen LogP) is 3.95. The maximum absolute atomic E-state index is 13.0. The van der Waals surface area contributed by atoms with Gasteiger partial charge in [-0.15, -0.1) is 0 Å².